The van der Waals surface area contributed by atoms with Gasteiger partial charge in [0.1, 0.15) is 0 Å². The SMILES string of the molecule is CCN(CC)CCn1c(/N=C/c2cccc([N+](=O)[O-])c2)nc2ccccc21. The molecule has 0 fully saturated rings. The van der Waals surface area contributed by atoms with Crippen LogP contribution in [0, 0.1) is 10.1 Å². The summed E-state index contributed by atoms with van der Waals surface area (Å²) in [6, 6.07) is 14.4. The van der Waals surface area contributed by atoms with Crippen molar-refractivity contribution in [1.82, 2.24) is 14.5 Å². The van der Waals surface area contributed by atoms with E-state index in [0.717, 1.165) is 37.2 Å². The summed E-state index contributed by atoms with van der Waals surface area (Å²) in [6.07, 6.45) is 1.63. The first-order valence-corrected chi connectivity index (χ1v) is 9.08. The number of fused-ring (bicyclic) bond motifs is 1. The van der Waals surface area contributed by atoms with Crippen LogP contribution in [0.25, 0.3) is 11.0 Å². The summed E-state index contributed by atoms with van der Waals surface area (Å²) < 4.78 is 2.10. The molecule has 0 atom stereocenters. The first kappa shape index (κ1) is 18.7. The maximum atomic E-state index is 10.9. The van der Waals surface area contributed by atoms with Gasteiger partial charge < -0.3 is 9.47 Å². The average molecular weight is 365 g/mol. The minimum atomic E-state index is -0.406. The van der Waals surface area contributed by atoms with E-state index in [1.54, 1.807) is 18.3 Å². The fourth-order valence-corrected chi connectivity index (χ4v) is 3.01. The van der Waals surface area contributed by atoms with E-state index >= 15 is 0 Å². The van der Waals surface area contributed by atoms with Crippen molar-refractivity contribution in [3.63, 3.8) is 0 Å². The molecule has 1 heterocycles. The van der Waals surface area contributed by atoms with Gasteiger partial charge in [-0.25, -0.2) is 9.98 Å². The second-order valence-corrected chi connectivity index (χ2v) is 6.19. The summed E-state index contributed by atoms with van der Waals surface area (Å²) in [4.78, 5) is 22.0. The number of nitrogens with zero attached hydrogens (tertiary/aromatic N) is 5. The second-order valence-electron chi connectivity index (χ2n) is 6.19. The van der Waals surface area contributed by atoms with E-state index in [-0.39, 0.29) is 5.69 Å². The number of likely N-dealkylation sites (N-methyl/N-ethyl adjacent to an activating group) is 1. The number of rotatable bonds is 8. The lowest BCUT2D eigenvalue weighted by Gasteiger charge is -2.18. The number of aromatic nitrogens is 2. The molecule has 0 saturated carbocycles. The molecular weight excluding hydrogens is 342 g/mol. The molecule has 0 aliphatic rings. The van der Waals surface area contributed by atoms with Crippen LogP contribution in [0.15, 0.2) is 53.5 Å². The standard InChI is InChI=1S/C20H23N5O2/c1-3-23(4-2)12-13-24-19-11-6-5-10-18(19)22-20(24)21-15-16-8-7-9-17(14-16)25(26)27/h5-11,14-15H,3-4,12-13H2,1-2H3/b21-15+. The number of para-hydroxylation sites is 2. The largest absolute Gasteiger partial charge is 0.307 e. The Morgan fingerprint density at radius 1 is 1.19 bits per heavy atom. The number of nitro benzene ring substituents is 1. The van der Waals surface area contributed by atoms with E-state index in [9.17, 15) is 10.1 Å². The fraction of sp³-hybridized carbons (Fsp3) is 0.300. The maximum Gasteiger partial charge on any atom is 0.270 e. The number of aliphatic imine (C=N–C) groups is 1. The molecule has 3 rings (SSSR count). The summed E-state index contributed by atoms with van der Waals surface area (Å²) in [5, 5.41) is 10.9. The number of imidazole rings is 1. The van der Waals surface area contributed by atoms with Gasteiger partial charge >= 0.3 is 0 Å². The Morgan fingerprint density at radius 2 is 1.96 bits per heavy atom. The zero-order valence-corrected chi connectivity index (χ0v) is 15.6. The van der Waals surface area contributed by atoms with E-state index in [1.165, 1.54) is 12.1 Å². The molecule has 1 aromatic heterocycles. The molecule has 2 aromatic carbocycles. The predicted molar refractivity (Wildman–Crippen MR) is 108 cm³/mol. The number of hydrogen-bond acceptors (Lipinski definition) is 5. The Balaban J connectivity index is 1.92. The summed E-state index contributed by atoms with van der Waals surface area (Å²) in [5.41, 5.74) is 2.65. The van der Waals surface area contributed by atoms with Crippen molar-refractivity contribution in [2.75, 3.05) is 19.6 Å². The summed E-state index contributed by atoms with van der Waals surface area (Å²) >= 11 is 0. The molecule has 0 aliphatic heterocycles. The molecule has 7 heteroatoms. The van der Waals surface area contributed by atoms with Crippen molar-refractivity contribution in [2.45, 2.75) is 20.4 Å². The summed E-state index contributed by atoms with van der Waals surface area (Å²) in [5.74, 6) is 0.606. The highest BCUT2D eigenvalue weighted by Crippen LogP contribution is 2.22. The molecule has 0 aliphatic carbocycles. The number of non-ortho nitro benzene ring substituents is 1. The maximum absolute atomic E-state index is 10.9. The van der Waals surface area contributed by atoms with Crippen molar-refractivity contribution >= 4 is 28.9 Å². The lowest BCUT2D eigenvalue weighted by molar-refractivity contribution is -0.384. The Morgan fingerprint density at radius 3 is 2.70 bits per heavy atom. The van der Waals surface area contributed by atoms with Gasteiger partial charge in [-0.2, -0.15) is 0 Å². The zero-order valence-electron chi connectivity index (χ0n) is 15.6. The van der Waals surface area contributed by atoms with Crippen LogP contribution in [0.1, 0.15) is 19.4 Å². The van der Waals surface area contributed by atoms with Gasteiger partial charge in [0, 0.05) is 31.4 Å². The van der Waals surface area contributed by atoms with Crippen LogP contribution in [-0.4, -0.2) is 45.2 Å². The smallest absolute Gasteiger partial charge is 0.270 e. The fourth-order valence-electron chi connectivity index (χ4n) is 3.01. The van der Waals surface area contributed by atoms with Gasteiger partial charge in [0.2, 0.25) is 5.95 Å². The minimum absolute atomic E-state index is 0.0500. The van der Waals surface area contributed by atoms with Crippen LogP contribution in [0.5, 0.6) is 0 Å². The lowest BCUT2D eigenvalue weighted by atomic mass is 10.2. The molecule has 3 aromatic rings. The summed E-state index contributed by atoms with van der Waals surface area (Å²) in [6.45, 7) is 7.98. The number of benzene rings is 2. The number of hydrogen-bond donors (Lipinski definition) is 0. The van der Waals surface area contributed by atoms with Crippen LogP contribution < -0.4 is 0 Å². The normalized spacial score (nSPS) is 11.7. The van der Waals surface area contributed by atoms with Crippen molar-refractivity contribution in [3.05, 3.63) is 64.2 Å². The monoisotopic (exact) mass is 365 g/mol. The topological polar surface area (TPSA) is 76.6 Å². The molecule has 0 bridgehead atoms. The van der Waals surface area contributed by atoms with Gasteiger partial charge in [-0.05, 0) is 30.8 Å². The molecule has 0 spiro atoms. The average Bonchev–Trinajstić information content (AvgIpc) is 3.05. The second kappa shape index (κ2) is 8.55. The minimum Gasteiger partial charge on any atom is -0.307 e. The first-order chi connectivity index (χ1) is 13.1. The first-order valence-electron chi connectivity index (χ1n) is 9.08. The quantitative estimate of drug-likeness (QED) is 0.343. The highest BCUT2D eigenvalue weighted by Gasteiger charge is 2.11. The van der Waals surface area contributed by atoms with Gasteiger partial charge in [0.25, 0.3) is 5.69 Å². The van der Waals surface area contributed by atoms with Crippen LogP contribution >= 0.6 is 0 Å². The number of nitro groups is 1. The van der Waals surface area contributed by atoms with Crippen LogP contribution in [0.2, 0.25) is 0 Å². The van der Waals surface area contributed by atoms with Crippen LogP contribution in [-0.2, 0) is 6.54 Å². The van der Waals surface area contributed by atoms with Gasteiger partial charge in [-0.3, -0.25) is 10.1 Å². The van der Waals surface area contributed by atoms with E-state index in [2.05, 4.69) is 33.3 Å². The highest BCUT2D eigenvalue weighted by molar-refractivity contribution is 5.84. The van der Waals surface area contributed by atoms with Crippen LogP contribution in [0.4, 0.5) is 11.6 Å². The molecule has 7 nitrogen and oxygen atoms in total. The van der Waals surface area contributed by atoms with Gasteiger partial charge in [0.05, 0.1) is 16.0 Å². The lowest BCUT2D eigenvalue weighted by Crippen LogP contribution is -2.26. The molecule has 0 amide bonds. The molecule has 140 valence electrons. The van der Waals surface area contributed by atoms with Crippen molar-refractivity contribution < 1.29 is 4.92 Å². The Hall–Kier alpha value is -3.06. The third-order valence-corrected chi connectivity index (χ3v) is 4.58. The molecular formula is C20H23N5O2. The van der Waals surface area contributed by atoms with Crippen molar-refractivity contribution in [3.8, 4) is 0 Å². The molecule has 0 saturated heterocycles. The molecule has 0 unspecified atom stereocenters. The van der Waals surface area contributed by atoms with Gasteiger partial charge in [0.15, 0.2) is 0 Å². The Bertz CT molecular complexity index is 960. The molecule has 27 heavy (non-hydrogen) atoms. The Labute approximate surface area is 158 Å². The van der Waals surface area contributed by atoms with Crippen molar-refractivity contribution in [2.24, 2.45) is 4.99 Å². The molecule has 0 radical (unpaired) electrons. The Kier molecular flexibility index (Phi) is 5.93. The predicted octanol–water partition coefficient (Wildman–Crippen LogP) is 4.04. The van der Waals surface area contributed by atoms with Gasteiger partial charge in [-0.1, -0.05) is 38.1 Å². The van der Waals surface area contributed by atoms with Crippen molar-refractivity contribution in [1.29, 1.82) is 0 Å². The third-order valence-electron chi connectivity index (χ3n) is 4.58. The zero-order chi connectivity index (χ0) is 19.2. The third kappa shape index (κ3) is 4.38. The summed E-state index contributed by atoms with van der Waals surface area (Å²) in [7, 11) is 0. The van der Waals surface area contributed by atoms with E-state index in [0.29, 0.717) is 11.5 Å². The molecule has 0 N–H and O–H groups in total. The highest BCUT2D eigenvalue weighted by atomic mass is 16.6. The van der Waals surface area contributed by atoms with Gasteiger partial charge in [-0.15, -0.1) is 0 Å². The van der Waals surface area contributed by atoms with E-state index in [4.69, 9.17) is 0 Å². The van der Waals surface area contributed by atoms with E-state index in [1.807, 2.05) is 24.3 Å². The van der Waals surface area contributed by atoms with Crippen LogP contribution in [0.3, 0.4) is 0 Å². The van der Waals surface area contributed by atoms with E-state index < -0.39 is 4.92 Å².